The minimum absolute atomic E-state index is 0.166. The molecule has 0 aromatic rings. The Morgan fingerprint density at radius 1 is 1.45 bits per heavy atom. The lowest BCUT2D eigenvalue weighted by Gasteiger charge is -2.23. The lowest BCUT2D eigenvalue weighted by molar-refractivity contribution is 0.0409. The number of hydrogen-bond acceptors (Lipinski definition) is 1. The first-order valence-electron chi connectivity index (χ1n) is 4.34. The highest BCUT2D eigenvalue weighted by Crippen LogP contribution is 2.41. The Bertz CT molecular complexity index is 144. The molecule has 4 atom stereocenters. The normalized spacial score (nSPS) is 51.5. The predicted molar refractivity (Wildman–Crippen MR) is 48.0 cm³/mol. The van der Waals surface area contributed by atoms with Gasteiger partial charge >= 0.3 is 0 Å². The van der Waals surface area contributed by atoms with Crippen molar-refractivity contribution in [2.45, 2.75) is 51.2 Å². The van der Waals surface area contributed by atoms with Gasteiger partial charge in [0.2, 0.25) is 0 Å². The van der Waals surface area contributed by atoms with Crippen molar-refractivity contribution in [1.29, 1.82) is 0 Å². The number of ether oxygens (including phenoxy) is 1. The first kappa shape index (κ1) is 9.34. The third-order valence-corrected chi connectivity index (χ3v) is 3.68. The summed E-state index contributed by atoms with van der Waals surface area (Å²) in [5.74, 6) is 0.462. The van der Waals surface area contributed by atoms with Gasteiger partial charge in [0, 0.05) is 5.92 Å². The molecule has 0 spiro atoms. The van der Waals surface area contributed by atoms with Crippen LogP contribution in [0.25, 0.3) is 0 Å². The second-order valence-electron chi connectivity index (χ2n) is 3.66. The van der Waals surface area contributed by atoms with E-state index in [2.05, 4.69) is 27.7 Å². The molecule has 1 saturated heterocycles. The highest BCUT2D eigenvalue weighted by atomic mass is 35.5. The molecule has 0 aromatic heterocycles. The molecular formula is C9H17ClO. The molecule has 1 nitrogen and oxygen atoms in total. The standard InChI is InChI=1S/C9H17ClO/c1-5-8-6(2)9(4,10)7(3)11-8/h6-8H,5H2,1-4H3/t6-,7?,8-,9-/m1/s1. The van der Waals surface area contributed by atoms with Gasteiger partial charge < -0.3 is 4.74 Å². The minimum Gasteiger partial charge on any atom is -0.373 e. The minimum atomic E-state index is -0.166. The molecule has 0 bridgehead atoms. The van der Waals surface area contributed by atoms with E-state index in [0.717, 1.165) is 6.42 Å². The van der Waals surface area contributed by atoms with Crippen LogP contribution in [0.4, 0.5) is 0 Å². The largest absolute Gasteiger partial charge is 0.373 e. The van der Waals surface area contributed by atoms with Crippen molar-refractivity contribution in [2.75, 3.05) is 0 Å². The molecule has 0 saturated carbocycles. The summed E-state index contributed by atoms with van der Waals surface area (Å²) in [5, 5.41) is 0. The summed E-state index contributed by atoms with van der Waals surface area (Å²) in [6, 6.07) is 0. The lowest BCUT2D eigenvalue weighted by Crippen LogP contribution is -2.32. The van der Waals surface area contributed by atoms with Crippen LogP contribution in [0, 0.1) is 5.92 Å². The molecule has 1 unspecified atom stereocenters. The highest BCUT2D eigenvalue weighted by Gasteiger charge is 2.46. The van der Waals surface area contributed by atoms with Crippen LogP contribution in [0.3, 0.4) is 0 Å². The monoisotopic (exact) mass is 176 g/mol. The number of hydrogen-bond donors (Lipinski definition) is 0. The number of alkyl halides is 1. The van der Waals surface area contributed by atoms with Gasteiger partial charge in [0.1, 0.15) is 0 Å². The fraction of sp³-hybridized carbons (Fsp3) is 1.00. The molecule has 2 heteroatoms. The summed E-state index contributed by atoms with van der Waals surface area (Å²) < 4.78 is 5.71. The lowest BCUT2D eigenvalue weighted by atomic mass is 9.89. The van der Waals surface area contributed by atoms with Gasteiger partial charge in [-0.3, -0.25) is 0 Å². The van der Waals surface area contributed by atoms with Gasteiger partial charge in [0.15, 0.2) is 0 Å². The van der Waals surface area contributed by atoms with E-state index in [0.29, 0.717) is 12.0 Å². The van der Waals surface area contributed by atoms with Gasteiger partial charge in [0.05, 0.1) is 17.1 Å². The van der Waals surface area contributed by atoms with Gasteiger partial charge in [-0.15, -0.1) is 11.6 Å². The molecule has 11 heavy (non-hydrogen) atoms. The van der Waals surface area contributed by atoms with Gasteiger partial charge in [-0.1, -0.05) is 13.8 Å². The Morgan fingerprint density at radius 2 is 2.00 bits per heavy atom. The molecule has 1 aliphatic rings. The number of rotatable bonds is 1. The maximum Gasteiger partial charge on any atom is 0.0743 e. The average molecular weight is 177 g/mol. The Labute approximate surface area is 74.1 Å². The van der Waals surface area contributed by atoms with Crippen molar-refractivity contribution in [3.8, 4) is 0 Å². The van der Waals surface area contributed by atoms with Crippen LogP contribution in [-0.2, 0) is 4.74 Å². The maximum atomic E-state index is 6.32. The fourth-order valence-corrected chi connectivity index (χ4v) is 1.89. The summed E-state index contributed by atoms with van der Waals surface area (Å²) in [4.78, 5) is -0.166. The van der Waals surface area contributed by atoms with Crippen molar-refractivity contribution in [3.63, 3.8) is 0 Å². The van der Waals surface area contributed by atoms with E-state index in [1.165, 1.54) is 0 Å². The number of halogens is 1. The van der Waals surface area contributed by atoms with E-state index < -0.39 is 0 Å². The summed E-state index contributed by atoms with van der Waals surface area (Å²) in [6.07, 6.45) is 1.60. The summed E-state index contributed by atoms with van der Waals surface area (Å²) >= 11 is 6.32. The van der Waals surface area contributed by atoms with Crippen LogP contribution < -0.4 is 0 Å². The molecule has 1 rings (SSSR count). The fourth-order valence-electron chi connectivity index (χ4n) is 1.70. The molecular weight excluding hydrogens is 160 g/mol. The molecule has 1 aliphatic heterocycles. The van der Waals surface area contributed by atoms with E-state index in [4.69, 9.17) is 16.3 Å². The van der Waals surface area contributed by atoms with Gasteiger partial charge in [-0.2, -0.15) is 0 Å². The van der Waals surface area contributed by atoms with Crippen molar-refractivity contribution in [1.82, 2.24) is 0 Å². The molecule has 1 fully saturated rings. The molecule has 0 radical (unpaired) electrons. The van der Waals surface area contributed by atoms with Gasteiger partial charge in [-0.25, -0.2) is 0 Å². The summed E-state index contributed by atoms with van der Waals surface area (Å²) in [6.45, 7) is 8.44. The van der Waals surface area contributed by atoms with Gasteiger partial charge in [0.25, 0.3) is 0 Å². The highest BCUT2D eigenvalue weighted by molar-refractivity contribution is 6.24. The second-order valence-corrected chi connectivity index (χ2v) is 4.48. The maximum absolute atomic E-state index is 6.32. The summed E-state index contributed by atoms with van der Waals surface area (Å²) in [5.41, 5.74) is 0. The Balaban J connectivity index is 2.71. The van der Waals surface area contributed by atoms with E-state index >= 15 is 0 Å². The quantitative estimate of drug-likeness (QED) is 0.559. The smallest absolute Gasteiger partial charge is 0.0743 e. The van der Waals surface area contributed by atoms with E-state index in [1.807, 2.05) is 0 Å². The van der Waals surface area contributed by atoms with Crippen LogP contribution in [0.2, 0.25) is 0 Å². The Morgan fingerprint density at radius 3 is 2.18 bits per heavy atom. The first-order valence-corrected chi connectivity index (χ1v) is 4.72. The first-order chi connectivity index (χ1) is 5.00. The van der Waals surface area contributed by atoms with Crippen LogP contribution in [-0.4, -0.2) is 17.1 Å². The van der Waals surface area contributed by atoms with Crippen molar-refractivity contribution in [2.24, 2.45) is 5.92 Å². The van der Waals surface area contributed by atoms with E-state index in [9.17, 15) is 0 Å². The van der Waals surface area contributed by atoms with Crippen LogP contribution in [0.5, 0.6) is 0 Å². The third kappa shape index (κ3) is 1.41. The van der Waals surface area contributed by atoms with Gasteiger partial charge in [-0.05, 0) is 20.3 Å². The predicted octanol–water partition coefficient (Wildman–Crippen LogP) is 2.82. The molecule has 1 heterocycles. The SMILES string of the molecule is CC[C@H]1OC(C)[C@](C)(Cl)[C@@H]1C. The van der Waals surface area contributed by atoms with Crippen molar-refractivity contribution >= 4 is 11.6 Å². The summed E-state index contributed by atoms with van der Waals surface area (Å²) in [7, 11) is 0. The zero-order valence-corrected chi connectivity index (χ0v) is 8.48. The Kier molecular flexibility index (Phi) is 2.50. The van der Waals surface area contributed by atoms with Crippen molar-refractivity contribution < 1.29 is 4.74 Å². The van der Waals surface area contributed by atoms with Crippen LogP contribution >= 0.6 is 11.6 Å². The second kappa shape index (κ2) is 2.95. The molecule has 0 aromatic carbocycles. The topological polar surface area (TPSA) is 9.23 Å². The van der Waals surface area contributed by atoms with E-state index in [-0.39, 0.29) is 11.0 Å². The van der Waals surface area contributed by atoms with Crippen LogP contribution in [0.1, 0.15) is 34.1 Å². The molecule has 0 aliphatic carbocycles. The average Bonchev–Trinajstić information content (AvgIpc) is 2.14. The molecule has 0 amide bonds. The zero-order valence-electron chi connectivity index (χ0n) is 7.73. The third-order valence-electron chi connectivity index (χ3n) is 3.02. The Hall–Kier alpha value is 0.250. The molecule has 0 N–H and O–H groups in total. The van der Waals surface area contributed by atoms with Crippen molar-refractivity contribution in [3.05, 3.63) is 0 Å². The van der Waals surface area contributed by atoms with Crippen LogP contribution in [0.15, 0.2) is 0 Å². The van der Waals surface area contributed by atoms with E-state index in [1.54, 1.807) is 0 Å². The molecule has 66 valence electrons. The zero-order chi connectivity index (χ0) is 8.65.